The summed E-state index contributed by atoms with van der Waals surface area (Å²) >= 11 is 0. The average molecular weight is 203 g/mol. The lowest BCUT2D eigenvalue weighted by atomic mass is 10.3. The van der Waals surface area contributed by atoms with Crippen molar-refractivity contribution in [2.45, 2.75) is 13.3 Å². The minimum Gasteiger partial charge on any atom is -0.367 e. The van der Waals surface area contributed by atoms with E-state index < -0.39 is 0 Å². The smallest absolute Gasteiger partial charge is 0.164 e. The largest absolute Gasteiger partial charge is 0.367 e. The Morgan fingerprint density at radius 1 is 1.33 bits per heavy atom. The van der Waals surface area contributed by atoms with Gasteiger partial charge < -0.3 is 10.7 Å². The summed E-state index contributed by atoms with van der Waals surface area (Å²) in [5, 5.41) is 0. The molecule has 0 atom stereocenters. The van der Waals surface area contributed by atoms with Gasteiger partial charge in [0.15, 0.2) is 5.82 Å². The van der Waals surface area contributed by atoms with Crippen molar-refractivity contribution in [2.24, 2.45) is 5.73 Å². The fourth-order valence-electron chi connectivity index (χ4n) is 1.37. The van der Waals surface area contributed by atoms with Crippen LogP contribution in [0.2, 0.25) is 0 Å². The van der Waals surface area contributed by atoms with Gasteiger partial charge in [-0.25, -0.2) is 15.0 Å². The van der Waals surface area contributed by atoms with Crippen LogP contribution in [0, 0.1) is 6.92 Å². The van der Waals surface area contributed by atoms with Crippen molar-refractivity contribution in [3.8, 4) is 11.4 Å². The predicted molar refractivity (Wildman–Crippen MR) is 57.1 cm³/mol. The minimum atomic E-state index is 0.552. The van der Waals surface area contributed by atoms with E-state index in [1.807, 2.05) is 25.4 Å². The zero-order chi connectivity index (χ0) is 10.7. The molecule has 5 nitrogen and oxygen atoms in total. The summed E-state index contributed by atoms with van der Waals surface area (Å²) in [6.45, 7) is 2.41. The second-order valence-corrected chi connectivity index (χ2v) is 3.26. The molecule has 5 heteroatoms. The minimum absolute atomic E-state index is 0.552. The van der Waals surface area contributed by atoms with Crippen molar-refractivity contribution in [1.82, 2.24) is 19.9 Å². The molecule has 3 N–H and O–H groups in total. The Morgan fingerprint density at radius 2 is 2.20 bits per heavy atom. The van der Waals surface area contributed by atoms with E-state index in [4.69, 9.17) is 5.73 Å². The molecule has 0 aliphatic carbocycles. The molecule has 2 heterocycles. The lowest BCUT2D eigenvalue weighted by Gasteiger charge is -2.02. The van der Waals surface area contributed by atoms with E-state index >= 15 is 0 Å². The van der Waals surface area contributed by atoms with Crippen LogP contribution in [0.5, 0.6) is 0 Å². The molecule has 78 valence electrons. The topological polar surface area (TPSA) is 80.5 Å². The normalized spacial score (nSPS) is 10.5. The van der Waals surface area contributed by atoms with Crippen molar-refractivity contribution in [2.75, 3.05) is 6.54 Å². The summed E-state index contributed by atoms with van der Waals surface area (Å²) in [4.78, 5) is 15.8. The zero-order valence-corrected chi connectivity index (χ0v) is 8.57. The van der Waals surface area contributed by atoms with Gasteiger partial charge >= 0.3 is 0 Å². The Hall–Kier alpha value is -1.75. The summed E-state index contributed by atoms with van der Waals surface area (Å²) in [6, 6.07) is 1.93. The van der Waals surface area contributed by atoms with Crippen LogP contribution in [0.1, 0.15) is 11.6 Å². The Bertz CT molecular complexity index is 435. The van der Waals surface area contributed by atoms with E-state index in [0.717, 1.165) is 17.2 Å². The highest BCUT2D eigenvalue weighted by Crippen LogP contribution is 2.13. The van der Waals surface area contributed by atoms with E-state index in [1.165, 1.54) is 0 Å². The van der Waals surface area contributed by atoms with Gasteiger partial charge in [-0.3, -0.25) is 0 Å². The average Bonchev–Trinajstić information content (AvgIpc) is 2.70. The third-order valence-corrected chi connectivity index (χ3v) is 2.02. The Balaban J connectivity index is 2.40. The van der Waals surface area contributed by atoms with E-state index in [2.05, 4.69) is 19.9 Å². The number of hydrogen-bond donors (Lipinski definition) is 2. The molecule has 2 aromatic rings. The van der Waals surface area contributed by atoms with Gasteiger partial charge in [-0.1, -0.05) is 0 Å². The number of aryl methyl sites for hydroxylation is 1. The molecule has 15 heavy (non-hydrogen) atoms. The van der Waals surface area contributed by atoms with Crippen LogP contribution in [0.3, 0.4) is 0 Å². The van der Waals surface area contributed by atoms with E-state index in [9.17, 15) is 0 Å². The van der Waals surface area contributed by atoms with Gasteiger partial charge in [-0.15, -0.1) is 0 Å². The van der Waals surface area contributed by atoms with Gasteiger partial charge in [0.1, 0.15) is 11.6 Å². The number of aromatic amines is 1. The van der Waals surface area contributed by atoms with Gasteiger partial charge in [-0.2, -0.15) is 0 Å². The molecule has 0 saturated carbocycles. The summed E-state index contributed by atoms with van der Waals surface area (Å²) in [6.07, 6.45) is 4.39. The SMILES string of the molecule is Cc1nc(CCN)nc(-c2cc[nH]c2)n1. The Kier molecular flexibility index (Phi) is 2.73. The van der Waals surface area contributed by atoms with Crippen molar-refractivity contribution >= 4 is 0 Å². The van der Waals surface area contributed by atoms with Gasteiger partial charge in [0.2, 0.25) is 0 Å². The highest BCUT2D eigenvalue weighted by Gasteiger charge is 2.05. The fourth-order valence-corrected chi connectivity index (χ4v) is 1.37. The first-order valence-electron chi connectivity index (χ1n) is 4.84. The first-order valence-corrected chi connectivity index (χ1v) is 4.84. The van der Waals surface area contributed by atoms with Crippen molar-refractivity contribution in [3.05, 3.63) is 30.1 Å². The molecule has 0 aliphatic heterocycles. The molecular weight excluding hydrogens is 190 g/mol. The number of nitrogens with zero attached hydrogens (tertiary/aromatic N) is 3. The highest BCUT2D eigenvalue weighted by molar-refractivity contribution is 5.53. The maximum Gasteiger partial charge on any atom is 0.164 e. The fraction of sp³-hybridized carbons (Fsp3) is 0.300. The number of hydrogen-bond acceptors (Lipinski definition) is 4. The monoisotopic (exact) mass is 203 g/mol. The number of nitrogens with one attached hydrogen (secondary N) is 1. The molecule has 0 unspecified atom stereocenters. The highest BCUT2D eigenvalue weighted by atomic mass is 15.0. The zero-order valence-electron chi connectivity index (χ0n) is 8.57. The second-order valence-electron chi connectivity index (χ2n) is 3.26. The molecule has 2 aromatic heterocycles. The summed E-state index contributed by atoms with van der Waals surface area (Å²) in [7, 11) is 0. The van der Waals surface area contributed by atoms with Crippen LogP contribution in [-0.4, -0.2) is 26.5 Å². The third kappa shape index (κ3) is 2.19. The Morgan fingerprint density at radius 3 is 2.87 bits per heavy atom. The predicted octanol–water partition coefficient (Wildman–Crippen LogP) is 0.676. The molecule has 0 saturated heterocycles. The quantitative estimate of drug-likeness (QED) is 0.768. The van der Waals surface area contributed by atoms with Crippen LogP contribution < -0.4 is 5.73 Å². The van der Waals surface area contributed by atoms with Crippen LogP contribution in [-0.2, 0) is 6.42 Å². The van der Waals surface area contributed by atoms with Crippen molar-refractivity contribution in [1.29, 1.82) is 0 Å². The summed E-state index contributed by atoms with van der Waals surface area (Å²) in [5.41, 5.74) is 6.44. The van der Waals surface area contributed by atoms with Crippen LogP contribution >= 0.6 is 0 Å². The second kappa shape index (κ2) is 4.18. The standard InChI is InChI=1S/C10H13N5/c1-7-13-9(2-4-11)15-10(14-7)8-3-5-12-6-8/h3,5-6,12H,2,4,11H2,1H3. The first kappa shape index (κ1) is 9.79. The van der Waals surface area contributed by atoms with Gasteiger partial charge in [0.25, 0.3) is 0 Å². The van der Waals surface area contributed by atoms with Crippen LogP contribution in [0.4, 0.5) is 0 Å². The number of H-pyrrole nitrogens is 1. The molecule has 0 radical (unpaired) electrons. The van der Waals surface area contributed by atoms with Crippen molar-refractivity contribution < 1.29 is 0 Å². The maximum atomic E-state index is 5.47. The number of nitrogens with two attached hydrogens (primary N) is 1. The maximum absolute atomic E-state index is 5.47. The van der Waals surface area contributed by atoms with Gasteiger partial charge in [-0.05, 0) is 19.5 Å². The molecular formula is C10H13N5. The summed E-state index contributed by atoms with van der Waals surface area (Å²) in [5.74, 6) is 2.18. The van der Waals surface area contributed by atoms with E-state index in [-0.39, 0.29) is 0 Å². The number of aromatic nitrogens is 4. The van der Waals surface area contributed by atoms with E-state index in [1.54, 1.807) is 0 Å². The van der Waals surface area contributed by atoms with Gasteiger partial charge in [0, 0.05) is 24.4 Å². The van der Waals surface area contributed by atoms with Crippen LogP contribution in [0.25, 0.3) is 11.4 Å². The molecule has 0 aliphatic rings. The number of rotatable bonds is 3. The molecule has 0 spiro atoms. The molecule has 0 bridgehead atoms. The summed E-state index contributed by atoms with van der Waals surface area (Å²) < 4.78 is 0. The van der Waals surface area contributed by atoms with Gasteiger partial charge in [0.05, 0.1) is 0 Å². The van der Waals surface area contributed by atoms with Crippen LogP contribution in [0.15, 0.2) is 18.5 Å². The molecule has 0 fully saturated rings. The Labute approximate surface area is 87.8 Å². The lowest BCUT2D eigenvalue weighted by molar-refractivity contribution is 0.827. The van der Waals surface area contributed by atoms with Crippen molar-refractivity contribution in [3.63, 3.8) is 0 Å². The molecule has 2 rings (SSSR count). The van der Waals surface area contributed by atoms with E-state index in [0.29, 0.717) is 18.8 Å². The first-order chi connectivity index (χ1) is 7.29. The lowest BCUT2D eigenvalue weighted by Crippen LogP contribution is -2.09. The third-order valence-electron chi connectivity index (χ3n) is 2.02. The molecule has 0 amide bonds. The molecule has 0 aromatic carbocycles.